The van der Waals surface area contributed by atoms with E-state index in [-0.39, 0.29) is 24.4 Å². The summed E-state index contributed by atoms with van der Waals surface area (Å²) in [5, 5.41) is 2.83. The summed E-state index contributed by atoms with van der Waals surface area (Å²) in [6.07, 6.45) is 0. The van der Waals surface area contributed by atoms with Crippen molar-refractivity contribution in [3.05, 3.63) is 66.2 Å². The van der Waals surface area contributed by atoms with E-state index in [0.29, 0.717) is 5.69 Å². The fourth-order valence-corrected chi connectivity index (χ4v) is 3.05. The first-order valence-electron chi connectivity index (χ1n) is 8.53. The number of carbonyl (C=O) groups excluding carboxylic acids is 3. The molecule has 1 N–H and O–H groups in total. The lowest BCUT2D eigenvalue weighted by atomic mass is 10.1. The molecule has 2 aromatic carbocycles. The summed E-state index contributed by atoms with van der Waals surface area (Å²) in [6.45, 7) is 3.24. The first kappa shape index (κ1) is 17.7. The standard InChI is InChI=1S/C20H21N3O3/c1-14(16-9-5-3-6-10-16)21-18(24)13-22-19(25)15(2)23(20(22)26)17-11-7-4-8-12-17/h3-12,14-15H,13H2,1-2H3,(H,21,24)/t14-,15-/m1/s1. The molecule has 2 aromatic rings. The van der Waals surface area contributed by atoms with Gasteiger partial charge in [-0.3, -0.25) is 19.4 Å². The summed E-state index contributed by atoms with van der Waals surface area (Å²) in [5.74, 6) is -0.744. The second kappa shape index (κ2) is 7.39. The molecule has 6 nitrogen and oxygen atoms in total. The molecule has 4 amide bonds. The molecular weight excluding hydrogens is 330 g/mol. The van der Waals surface area contributed by atoms with E-state index in [2.05, 4.69) is 5.32 Å². The topological polar surface area (TPSA) is 69.7 Å². The van der Waals surface area contributed by atoms with Crippen molar-refractivity contribution in [1.29, 1.82) is 0 Å². The van der Waals surface area contributed by atoms with Gasteiger partial charge in [-0.2, -0.15) is 0 Å². The molecule has 1 fully saturated rings. The number of benzene rings is 2. The van der Waals surface area contributed by atoms with Crippen LogP contribution in [0, 0.1) is 0 Å². The normalized spacial score (nSPS) is 18.2. The summed E-state index contributed by atoms with van der Waals surface area (Å²) in [7, 11) is 0. The van der Waals surface area contributed by atoms with Crippen LogP contribution in [0.15, 0.2) is 60.7 Å². The largest absolute Gasteiger partial charge is 0.348 e. The molecule has 0 spiro atoms. The smallest absolute Gasteiger partial charge is 0.332 e. The van der Waals surface area contributed by atoms with Gasteiger partial charge in [0.05, 0.1) is 6.04 Å². The molecular formula is C20H21N3O3. The number of amides is 4. The number of carbonyl (C=O) groups is 3. The van der Waals surface area contributed by atoms with Crippen LogP contribution in [0.25, 0.3) is 0 Å². The molecule has 1 heterocycles. The van der Waals surface area contributed by atoms with Crippen molar-refractivity contribution >= 4 is 23.5 Å². The van der Waals surface area contributed by atoms with Crippen molar-refractivity contribution in [2.45, 2.75) is 25.9 Å². The second-order valence-corrected chi connectivity index (χ2v) is 6.29. The number of anilines is 1. The number of nitrogens with one attached hydrogen (secondary N) is 1. The van der Waals surface area contributed by atoms with Gasteiger partial charge in [0.15, 0.2) is 0 Å². The maximum atomic E-state index is 12.7. The first-order valence-corrected chi connectivity index (χ1v) is 8.53. The van der Waals surface area contributed by atoms with Crippen LogP contribution in [0.5, 0.6) is 0 Å². The Labute approximate surface area is 152 Å². The maximum absolute atomic E-state index is 12.7. The summed E-state index contributed by atoms with van der Waals surface area (Å²) in [5.41, 5.74) is 1.60. The molecule has 3 rings (SSSR count). The molecule has 1 aliphatic rings. The van der Waals surface area contributed by atoms with Gasteiger partial charge < -0.3 is 5.32 Å². The van der Waals surface area contributed by atoms with E-state index in [1.165, 1.54) is 4.90 Å². The van der Waals surface area contributed by atoms with E-state index in [9.17, 15) is 14.4 Å². The molecule has 0 saturated carbocycles. The molecule has 0 aromatic heterocycles. The van der Waals surface area contributed by atoms with Crippen molar-refractivity contribution in [3.8, 4) is 0 Å². The van der Waals surface area contributed by atoms with Gasteiger partial charge in [0.1, 0.15) is 12.6 Å². The van der Waals surface area contributed by atoms with Crippen LogP contribution in [-0.4, -0.2) is 35.3 Å². The quantitative estimate of drug-likeness (QED) is 0.842. The van der Waals surface area contributed by atoms with E-state index in [1.807, 2.05) is 43.3 Å². The molecule has 0 radical (unpaired) electrons. The van der Waals surface area contributed by atoms with Gasteiger partial charge in [0, 0.05) is 5.69 Å². The van der Waals surface area contributed by atoms with Gasteiger partial charge in [-0.25, -0.2) is 4.79 Å². The average Bonchev–Trinajstić information content (AvgIpc) is 2.86. The zero-order chi connectivity index (χ0) is 18.7. The average molecular weight is 351 g/mol. The Hall–Kier alpha value is -3.15. The van der Waals surface area contributed by atoms with E-state index >= 15 is 0 Å². The Balaban J connectivity index is 1.68. The molecule has 1 saturated heterocycles. The summed E-state index contributed by atoms with van der Waals surface area (Å²) in [6, 6.07) is 17.2. The minimum absolute atomic E-state index is 0.209. The van der Waals surface area contributed by atoms with Gasteiger partial charge in [0.2, 0.25) is 5.91 Å². The molecule has 134 valence electrons. The number of urea groups is 1. The SMILES string of the molecule is C[C@@H]1C(=O)N(CC(=O)N[C@H](C)c2ccccc2)C(=O)N1c1ccccc1. The highest BCUT2D eigenvalue weighted by Crippen LogP contribution is 2.25. The fraction of sp³-hybridized carbons (Fsp3) is 0.250. The van der Waals surface area contributed by atoms with Crippen molar-refractivity contribution < 1.29 is 14.4 Å². The van der Waals surface area contributed by atoms with Gasteiger partial charge in [0.25, 0.3) is 5.91 Å². The summed E-state index contributed by atoms with van der Waals surface area (Å²) in [4.78, 5) is 39.9. The van der Waals surface area contributed by atoms with Crippen LogP contribution >= 0.6 is 0 Å². The lowest BCUT2D eigenvalue weighted by molar-refractivity contribution is -0.132. The number of hydrogen-bond acceptors (Lipinski definition) is 3. The number of rotatable bonds is 5. The Bertz CT molecular complexity index is 808. The van der Waals surface area contributed by atoms with Crippen LogP contribution in [0.2, 0.25) is 0 Å². The van der Waals surface area contributed by atoms with Crippen LogP contribution in [0.1, 0.15) is 25.5 Å². The molecule has 1 aliphatic heterocycles. The van der Waals surface area contributed by atoms with Gasteiger partial charge in [-0.15, -0.1) is 0 Å². The zero-order valence-corrected chi connectivity index (χ0v) is 14.8. The third kappa shape index (κ3) is 3.44. The predicted molar refractivity (Wildman–Crippen MR) is 98.5 cm³/mol. The van der Waals surface area contributed by atoms with E-state index in [4.69, 9.17) is 0 Å². The van der Waals surface area contributed by atoms with Crippen LogP contribution in [0.4, 0.5) is 10.5 Å². The highest BCUT2D eigenvalue weighted by molar-refractivity contribution is 6.15. The Kier molecular flexibility index (Phi) is 5.02. The number of hydrogen-bond donors (Lipinski definition) is 1. The minimum Gasteiger partial charge on any atom is -0.348 e. The van der Waals surface area contributed by atoms with Gasteiger partial charge in [-0.1, -0.05) is 48.5 Å². The van der Waals surface area contributed by atoms with Crippen LogP contribution in [0.3, 0.4) is 0 Å². The molecule has 0 bridgehead atoms. The van der Waals surface area contributed by atoms with Crippen LogP contribution in [-0.2, 0) is 9.59 Å². The van der Waals surface area contributed by atoms with Crippen molar-refractivity contribution in [2.75, 3.05) is 11.4 Å². The lowest BCUT2D eigenvalue weighted by Crippen LogP contribution is -2.42. The highest BCUT2D eigenvalue weighted by atomic mass is 16.2. The van der Waals surface area contributed by atoms with E-state index in [0.717, 1.165) is 10.5 Å². The van der Waals surface area contributed by atoms with E-state index < -0.39 is 12.1 Å². The zero-order valence-electron chi connectivity index (χ0n) is 14.8. The van der Waals surface area contributed by atoms with Crippen LogP contribution < -0.4 is 10.2 Å². The predicted octanol–water partition coefficient (Wildman–Crippen LogP) is 2.72. The third-order valence-corrected chi connectivity index (χ3v) is 4.46. The number of imide groups is 1. The van der Waals surface area contributed by atoms with Crippen molar-refractivity contribution in [2.24, 2.45) is 0 Å². The number of nitrogens with zero attached hydrogens (tertiary/aromatic N) is 2. The maximum Gasteiger partial charge on any atom is 0.332 e. The Morgan fingerprint density at radius 1 is 1.04 bits per heavy atom. The van der Waals surface area contributed by atoms with Crippen molar-refractivity contribution in [1.82, 2.24) is 10.2 Å². The minimum atomic E-state index is -0.635. The van der Waals surface area contributed by atoms with Crippen molar-refractivity contribution in [3.63, 3.8) is 0 Å². The van der Waals surface area contributed by atoms with Gasteiger partial charge >= 0.3 is 6.03 Å². The monoisotopic (exact) mass is 351 g/mol. The first-order chi connectivity index (χ1) is 12.5. The summed E-state index contributed by atoms with van der Waals surface area (Å²) >= 11 is 0. The molecule has 0 aliphatic carbocycles. The Morgan fingerprint density at radius 3 is 2.23 bits per heavy atom. The molecule has 26 heavy (non-hydrogen) atoms. The van der Waals surface area contributed by atoms with E-state index in [1.54, 1.807) is 31.2 Å². The summed E-state index contributed by atoms with van der Waals surface area (Å²) < 4.78 is 0. The highest BCUT2D eigenvalue weighted by Gasteiger charge is 2.44. The van der Waals surface area contributed by atoms with Gasteiger partial charge in [-0.05, 0) is 31.5 Å². The molecule has 2 atom stereocenters. The second-order valence-electron chi connectivity index (χ2n) is 6.29. The molecule has 6 heteroatoms. The fourth-order valence-electron chi connectivity index (χ4n) is 3.05. The Morgan fingerprint density at radius 2 is 1.62 bits per heavy atom. The molecule has 0 unspecified atom stereocenters. The third-order valence-electron chi connectivity index (χ3n) is 4.46. The lowest BCUT2D eigenvalue weighted by Gasteiger charge is -2.20. The number of para-hydroxylation sites is 1.